The lowest BCUT2D eigenvalue weighted by molar-refractivity contribution is 0.620. The highest BCUT2D eigenvalue weighted by Crippen LogP contribution is 2.57. The lowest BCUT2D eigenvalue weighted by atomic mass is 9.67. The van der Waals surface area contributed by atoms with Gasteiger partial charge in [-0.15, -0.1) is 11.3 Å². The van der Waals surface area contributed by atoms with E-state index in [2.05, 4.69) is 217 Å². The zero-order valence-corrected chi connectivity index (χ0v) is 33.3. The van der Waals surface area contributed by atoms with Gasteiger partial charge in [0, 0.05) is 48.9 Å². The van der Waals surface area contributed by atoms with Gasteiger partial charge in [-0.1, -0.05) is 158 Å². The minimum atomic E-state index is -0.522. The first-order valence-corrected chi connectivity index (χ1v) is 21.2. The third kappa shape index (κ3) is 5.38. The summed E-state index contributed by atoms with van der Waals surface area (Å²) in [6.07, 6.45) is 0. The van der Waals surface area contributed by atoms with E-state index in [1.807, 2.05) is 17.4 Å². The van der Waals surface area contributed by atoms with E-state index >= 15 is 0 Å². The van der Waals surface area contributed by atoms with Crippen LogP contribution >= 0.6 is 11.3 Å². The number of hydrogen-bond acceptors (Lipinski definition) is 4. The predicted octanol–water partition coefficient (Wildman–Crippen LogP) is 15.4. The van der Waals surface area contributed by atoms with Crippen molar-refractivity contribution in [1.82, 2.24) is 4.98 Å². The van der Waals surface area contributed by atoms with Crippen molar-refractivity contribution in [2.75, 3.05) is 4.90 Å². The zero-order chi connectivity index (χ0) is 39.6. The lowest BCUT2D eigenvalue weighted by Crippen LogP contribution is -2.28. The van der Waals surface area contributed by atoms with Gasteiger partial charge < -0.3 is 9.32 Å². The molecule has 0 atom stereocenters. The third-order valence-corrected chi connectivity index (χ3v) is 13.3. The molecule has 9 aromatic carbocycles. The molecule has 0 bridgehead atoms. The molecule has 60 heavy (non-hydrogen) atoms. The average molecular weight is 785 g/mol. The van der Waals surface area contributed by atoms with Crippen LogP contribution in [0.4, 0.5) is 17.1 Å². The molecule has 0 N–H and O–H groups in total. The van der Waals surface area contributed by atoms with Gasteiger partial charge in [0.05, 0.1) is 5.41 Å². The van der Waals surface area contributed by atoms with Gasteiger partial charge in [-0.25, -0.2) is 4.98 Å². The largest absolute Gasteiger partial charge is 0.436 e. The van der Waals surface area contributed by atoms with Crippen LogP contribution < -0.4 is 4.90 Å². The fourth-order valence-electron chi connectivity index (χ4n) is 9.48. The molecule has 0 aliphatic heterocycles. The van der Waals surface area contributed by atoms with Crippen molar-refractivity contribution < 1.29 is 4.42 Å². The Labute approximate surface area is 352 Å². The normalized spacial score (nSPS) is 12.8. The molecule has 12 rings (SSSR count). The number of fused-ring (bicyclic) bond motifs is 7. The number of rotatable bonds is 7. The molecular formula is C56H36N2OS. The molecule has 1 aliphatic rings. The smallest absolute Gasteiger partial charge is 0.227 e. The molecular weight excluding hydrogens is 749 g/mol. The summed E-state index contributed by atoms with van der Waals surface area (Å²) in [5.41, 5.74) is 15.0. The highest BCUT2D eigenvalue weighted by molar-refractivity contribution is 7.25. The SMILES string of the molecule is c1ccc(-c2ccc(-c3nc4ccc(N(c5ccc6c(c5)C(c5ccccc5)(c5ccccc5)c5ccccc5-6)c5ccc6c(c5)sc5ccccc56)cc4o3)cc2)cc1. The van der Waals surface area contributed by atoms with E-state index in [-0.39, 0.29) is 0 Å². The summed E-state index contributed by atoms with van der Waals surface area (Å²) in [6.45, 7) is 0. The van der Waals surface area contributed by atoms with Crippen LogP contribution in [0.2, 0.25) is 0 Å². The first-order chi connectivity index (χ1) is 29.7. The minimum Gasteiger partial charge on any atom is -0.436 e. The summed E-state index contributed by atoms with van der Waals surface area (Å²) < 4.78 is 9.14. The van der Waals surface area contributed by atoms with Gasteiger partial charge in [0.1, 0.15) is 5.52 Å². The molecule has 11 aromatic rings. The maximum Gasteiger partial charge on any atom is 0.227 e. The molecule has 2 aromatic heterocycles. The molecule has 0 amide bonds. The predicted molar refractivity (Wildman–Crippen MR) is 250 cm³/mol. The van der Waals surface area contributed by atoms with Crippen molar-refractivity contribution in [2.45, 2.75) is 5.41 Å². The Balaban J connectivity index is 1.05. The van der Waals surface area contributed by atoms with E-state index in [1.165, 1.54) is 59.1 Å². The highest BCUT2D eigenvalue weighted by atomic mass is 32.1. The van der Waals surface area contributed by atoms with Crippen LogP contribution in [-0.4, -0.2) is 4.98 Å². The zero-order valence-electron chi connectivity index (χ0n) is 32.5. The first-order valence-electron chi connectivity index (χ1n) is 20.4. The highest BCUT2D eigenvalue weighted by Gasteiger charge is 2.46. The van der Waals surface area contributed by atoms with Gasteiger partial charge in [0.25, 0.3) is 0 Å². The fourth-order valence-corrected chi connectivity index (χ4v) is 10.6. The van der Waals surface area contributed by atoms with E-state index in [0.29, 0.717) is 5.89 Å². The second kappa shape index (κ2) is 13.8. The number of thiophene rings is 1. The van der Waals surface area contributed by atoms with Crippen LogP contribution in [0.15, 0.2) is 223 Å². The summed E-state index contributed by atoms with van der Waals surface area (Å²) in [4.78, 5) is 7.35. The Bertz CT molecular complexity index is 3330. The summed E-state index contributed by atoms with van der Waals surface area (Å²) in [5.74, 6) is 0.603. The summed E-state index contributed by atoms with van der Waals surface area (Å²) in [6, 6.07) is 78.8. The molecule has 0 saturated heterocycles. The Morgan fingerprint density at radius 3 is 1.77 bits per heavy atom. The monoisotopic (exact) mass is 784 g/mol. The van der Waals surface area contributed by atoms with Crippen LogP contribution in [0.25, 0.3) is 65.0 Å². The van der Waals surface area contributed by atoms with Gasteiger partial charge >= 0.3 is 0 Å². The first kappa shape index (κ1) is 34.5. The number of benzene rings is 9. The molecule has 282 valence electrons. The second-order valence-electron chi connectivity index (χ2n) is 15.5. The van der Waals surface area contributed by atoms with Crippen molar-refractivity contribution >= 4 is 59.7 Å². The number of hydrogen-bond donors (Lipinski definition) is 0. The van der Waals surface area contributed by atoms with Crippen LogP contribution in [0.1, 0.15) is 22.3 Å². The van der Waals surface area contributed by atoms with E-state index in [0.717, 1.165) is 39.3 Å². The van der Waals surface area contributed by atoms with Gasteiger partial charge in [0.15, 0.2) is 5.58 Å². The topological polar surface area (TPSA) is 29.3 Å². The fraction of sp³-hybridized carbons (Fsp3) is 0.0179. The van der Waals surface area contributed by atoms with Crippen molar-refractivity contribution in [3.63, 3.8) is 0 Å². The quantitative estimate of drug-likeness (QED) is 0.161. The Morgan fingerprint density at radius 2 is 0.983 bits per heavy atom. The van der Waals surface area contributed by atoms with Crippen molar-refractivity contribution in [3.8, 4) is 33.7 Å². The molecule has 0 spiro atoms. The Hall–Kier alpha value is -7.53. The van der Waals surface area contributed by atoms with E-state index < -0.39 is 5.41 Å². The molecule has 3 nitrogen and oxygen atoms in total. The molecule has 0 radical (unpaired) electrons. The number of anilines is 3. The van der Waals surface area contributed by atoms with Crippen LogP contribution in [0.3, 0.4) is 0 Å². The number of nitrogens with zero attached hydrogens (tertiary/aromatic N) is 2. The molecule has 1 aliphatic carbocycles. The van der Waals surface area contributed by atoms with Crippen LogP contribution in [-0.2, 0) is 5.41 Å². The summed E-state index contributed by atoms with van der Waals surface area (Å²) in [5, 5.41) is 2.55. The van der Waals surface area contributed by atoms with E-state index in [1.54, 1.807) is 0 Å². The molecule has 0 fully saturated rings. The average Bonchev–Trinajstić information content (AvgIpc) is 4.00. The Kier molecular flexibility index (Phi) is 7.94. The maximum absolute atomic E-state index is 6.60. The van der Waals surface area contributed by atoms with Gasteiger partial charge in [-0.3, -0.25) is 0 Å². The van der Waals surface area contributed by atoms with Gasteiger partial charge in [-0.2, -0.15) is 0 Å². The van der Waals surface area contributed by atoms with E-state index in [4.69, 9.17) is 9.40 Å². The lowest BCUT2D eigenvalue weighted by Gasteiger charge is -2.35. The number of aromatic nitrogens is 1. The molecule has 4 heteroatoms. The minimum absolute atomic E-state index is 0.522. The molecule has 0 unspecified atom stereocenters. The molecule has 2 heterocycles. The Morgan fingerprint density at radius 1 is 0.417 bits per heavy atom. The van der Waals surface area contributed by atoms with Gasteiger partial charge in [-0.05, 0) is 99.1 Å². The summed E-state index contributed by atoms with van der Waals surface area (Å²) >= 11 is 1.84. The van der Waals surface area contributed by atoms with Gasteiger partial charge in [0.2, 0.25) is 5.89 Å². The molecule has 0 saturated carbocycles. The summed E-state index contributed by atoms with van der Waals surface area (Å²) in [7, 11) is 0. The van der Waals surface area contributed by atoms with Crippen LogP contribution in [0, 0.1) is 0 Å². The van der Waals surface area contributed by atoms with Crippen molar-refractivity contribution in [3.05, 3.63) is 241 Å². The van der Waals surface area contributed by atoms with Crippen LogP contribution in [0.5, 0.6) is 0 Å². The van der Waals surface area contributed by atoms with Crippen molar-refractivity contribution in [1.29, 1.82) is 0 Å². The third-order valence-electron chi connectivity index (χ3n) is 12.2. The maximum atomic E-state index is 6.60. The standard InChI is InChI=1S/C56H36N2OS/c1-4-14-37(15-5-1)38-24-26-39(27-25-38)55-57-51-33-30-43(35-52(51)59-55)58(44-29-32-48-47-21-11-13-23-53(47)60-54(48)36-44)42-28-31-46-45-20-10-12-22-49(45)56(50(46)34-42,40-16-6-2-7-17-40)41-18-8-3-9-19-41/h1-36H. The number of oxazole rings is 1. The second-order valence-corrected chi connectivity index (χ2v) is 16.6. The van der Waals surface area contributed by atoms with Crippen molar-refractivity contribution in [2.24, 2.45) is 0 Å². The van der Waals surface area contributed by atoms with E-state index in [9.17, 15) is 0 Å².